The summed E-state index contributed by atoms with van der Waals surface area (Å²) in [5.74, 6) is -0.183. The lowest BCUT2D eigenvalue weighted by Gasteiger charge is -2.35. The summed E-state index contributed by atoms with van der Waals surface area (Å²) in [5.41, 5.74) is 5.31. The van der Waals surface area contributed by atoms with E-state index in [1.54, 1.807) is 13.0 Å². The summed E-state index contributed by atoms with van der Waals surface area (Å²) >= 11 is 6.40. The van der Waals surface area contributed by atoms with Gasteiger partial charge >= 0.3 is 0 Å². The van der Waals surface area contributed by atoms with E-state index in [0.717, 1.165) is 47.4 Å². The molecule has 1 aromatic heterocycles. The molecule has 0 saturated carbocycles. The van der Waals surface area contributed by atoms with E-state index in [2.05, 4.69) is 9.88 Å². The van der Waals surface area contributed by atoms with Crippen molar-refractivity contribution >= 4 is 28.4 Å². The lowest BCUT2D eigenvalue weighted by atomic mass is 10.0. The molecule has 0 unspecified atom stereocenters. The zero-order chi connectivity index (χ0) is 20.7. The fourth-order valence-electron chi connectivity index (χ4n) is 3.99. The summed E-state index contributed by atoms with van der Waals surface area (Å²) in [6, 6.07) is 9.25. The number of nitrogens with one attached hydrogen (secondary N) is 1. The molecule has 1 aliphatic rings. The van der Waals surface area contributed by atoms with Crippen molar-refractivity contribution < 1.29 is 9.18 Å². The van der Waals surface area contributed by atoms with Crippen LogP contribution in [0.5, 0.6) is 0 Å². The third kappa shape index (κ3) is 4.02. The molecule has 29 heavy (non-hydrogen) atoms. The number of H-pyrrole nitrogens is 1. The summed E-state index contributed by atoms with van der Waals surface area (Å²) in [6.07, 6.45) is 0. The average Bonchev–Trinajstić information content (AvgIpc) is 3.04. The molecule has 4 rings (SSSR count). The van der Waals surface area contributed by atoms with Crippen LogP contribution in [0.2, 0.25) is 5.02 Å². The first-order chi connectivity index (χ1) is 13.8. The van der Waals surface area contributed by atoms with Crippen LogP contribution in [0.25, 0.3) is 10.9 Å². The summed E-state index contributed by atoms with van der Waals surface area (Å²) in [5, 5.41) is 1.47. The molecular formula is C23H25ClFN3O. The number of halogens is 2. The highest BCUT2D eigenvalue weighted by atomic mass is 35.5. The van der Waals surface area contributed by atoms with Gasteiger partial charge in [0.25, 0.3) is 5.91 Å². The van der Waals surface area contributed by atoms with Gasteiger partial charge in [0.1, 0.15) is 5.82 Å². The highest BCUT2D eigenvalue weighted by Gasteiger charge is 2.24. The van der Waals surface area contributed by atoms with Crippen molar-refractivity contribution in [1.82, 2.24) is 14.8 Å². The first kappa shape index (κ1) is 19.9. The fourth-order valence-corrected chi connectivity index (χ4v) is 4.24. The molecule has 1 saturated heterocycles. The van der Waals surface area contributed by atoms with Gasteiger partial charge < -0.3 is 9.88 Å². The maximum Gasteiger partial charge on any atom is 0.255 e. The first-order valence-electron chi connectivity index (χ1n) is 9.88. The lowest BCUT2D eigenvalue weighted by Crippen LogP contribution is -2.48. The van der Waals surface area contributed by atoms with Gasteiger partial charge in [0.05, 0.1) is 10.6 Å². The second-order valence-corrected chi connectivity index (χ2v) is 8.38. The Hall–Kier alpha value is -2.37. The number of carbonyl (C=O) groups is 1. The number of hydrogen-bond acceptors (Lipinski definition) is 2. The molecule has 2 heterocycles. The molecule has 1 aliphatic heterocycles. The monoisotopic (exact) mass is 413 g/mol. The third-order valence-electron chi connectivity index (χ3n) is 5.74. The van der Waals surface area contributed by atoms with Crippen LogP contribution in [0.15, 0.2) is 30.3 Å². The van der Waals surface area contributed by atoms with Gasteiger partial charge in [-0.15, -0.1) is 0 Å². The minimum Gasteiger partial charge on any atom is -0.359 e. The van der Waals surface area contributed by atoms with Crippen molar-refractivity contribution in [2.45, 2.75) is 27.3 Å². The van der Waals surface area contributed by atoms with E-state index < -0.39 is 0 Å². The Morgan fingerprint density at radius 2 is 1.76 bits per heavy atom. The van der Waals surface area contributed by atoms with Crippen molar-refractivity contribution in [3.8, 4) is 0 Å². The van der Waals surface area contributed by atoms with Crippen molar-refractivity contribution in [1.29, 1.82) is 0 Å². The van der Waals surface area contributed by atoms with Crippen LogP contribution >= 0.6 is 11.6 Å². The zero-order valence-electron chi connectivity index (χ0n) is 17.0. The van der Waals surface area contributed by atoms with Gasteiger partial charge in [-0.3, -0.25) is 9.69 Å². The third-order valence-corrected chi connectivity index (χ3v) is 6.06. The number of piperazine rings is 1. The summed E-state index contributed by atoms with van der Waals surface area (Å²) in [7, 11) is 0. The Balaban J connectivity index is 1.44. The van der Waals surface area contributed by atoms with E-state index in [0.29, 0.717) is 29.2 Å². The molecule has 1 fully saturated rings. The van der Waals surface area contributed by atoms with Crippen LogP contribution in [-0.4, -0.2) is 46.9 Å². The number of benzene rings is 2. The predicted octanol–water partition coefficient (Wildman–Crippen LogP) is 4.84. The number of carbonyl (C=O) groups excluding carboxylic acids is 1. The van der Waals surface area contributed by atoms with Crippen molar-refractivity contribution in [2.75, 3.05) is 26.2 Å². The molecule has 6 heteroatoms. The number of aromatic amines is 1. The fraction of sp³-hybridized carbons (Fsp3) is 0.348. The molecule has 1 N–H and O–H groups in total. The number of rotatable bonds is 3. The number of aryl methyl sites for hydroxylation is 3. The van der Waals surface area contributed by atoms with E-state index in [-0.39, 0.29) is 11.7 Å². The van der Waals surface area contributed by atoms with E-state index >= 15 is 0 Å². The normalized spacial score (nSPS) is 15.3. The Morgan fingerprint density at radius 1 is 1.03 bits per heavy atom. The van der Waals surface area contributed by atoms with E-state index in [9.17, 15) is 9.18 Å². The molecule has 0 aliphatic carbocycles. The number of fused-ring (bicyclic) bond motifs is 1. The maximum atomic E-state index is 13.7. The van der Waals surface area contributed by atoms with Crippen molar-refractivity contribution in [3.63, 3.8) is 0 Å². The molecule has 152 valence electrons. The van der Waals surface area contributed by atoms with Gasteiger partial charge in [0, 0.05) is 49.3 Å². The van der Waals surface area contributed by atoms with Gasteiger partial charge in [0.2, 0.25) is 0 Å². The maximum absolute atomic E-state index is 13.7. The molecule has 0 radical (unpaired) electrons. The number of aromatic nitrogens is 1. The van der Waals surface area contributed by atoms with Crippen molar-refractivity contribution in [2.24, 2.45) is 0 Å². The molecular weight excluding hydrogens is 389 g/mol. The van der Waals surface area contributed by atoms with Gasteiger partial charge in [-0.05, 0) is 61.7 Å². The van der Waals surface area contributed by atoms with E-state index in [1.807, 2.05) is 43.0 Å². The second-order valence-electron chi connectivity index (χ2n) is 7.97. The van der Waals surface area contributed by atoms with Crippen LogP contribution in [-0.2, 0) is 6.54 Å². The number of nitrogens with zero attached hydrogens (tertiary/aromatic N) is 2. The largest absolute Gasteiger partial charge is 0.359 e. The lowest BCUT2D eigenvalue weighted by molar-refractivity contribution is 0.0628. The van der Waals surface area contributed by atoms with Gasteiger partial charge in [-0.2, -0.15) is 0 Å². The highest BCUT2D eigenvalue weighted by molar-refractivity contribution is 6.34. The quantitative estimate of drug-likeness (QED) is 0.667. The number of hydrogen-bond donors (Lipinski definition) is 1. The Kier molecular flexibility index (Phi) is 5.36. The van der Waals surface area contributed by atoms with Crippen LogP contribution < -0.4 is 0 Å². The Morgan fingerprint density at radius 3 is 2.48 bits per heavy atom. The summed E-state index contributed by atoms with van der Waals surface area (Å²) in [4.78, 5) is 20.5. The molecule has 4 nitrogen and oxygen atoms in total. The molecule has 2 aromatic carbocycles. The standard InChI is InChI=1S/C23H25ClFN3O/c1-14-9-21(25)15(2)8-18(14)13-27-4-6-28(7-5-27)23(29)19-11-17-10-16(3)26-22(17)12-20(19)24/h8-12,26H,4-7,13H2,1-3H3. The molecule has 0 atom stereocenters. The molecule has 0 bridgehead atoms. The van der Waals surface area contributed by atoms with Gasteiger partial charge in [-0.25, -0.2) is 4.39 Å². The molecule has 1 amide bonds. The average molecular weight is 414 g/mol. The number of amides is 1. The minimum atomic E-state index is -0.159. The smallest absolute Gasteiger partial charge is 0.255 e. The molecule has 3 aromatic rings. The Bertz CT molecular complexity index is 1080. The predicted molar refractivity (Wildman–Crippen MR) is 115 cm³/mol. The second kappa shape index (κ2) is 7.81. The first-order valence-corrected chi connectivity index (χ1v) is 10.3. The molecule has 0 spiro atoms. The minimum absolute atomic E-state index is 0.0239. The van der Waals surface area contributed by atoms with Crippen LogP contribution in [0.1, 0.15) is 32.7 Å². The summed E-state index contributed by atoms with van der Waals surface area (Å²) in [6.45, 7) is 9.36. The van der Waals surface area contributed by atoms with E-state index in [4.69, 9.17) is 11.6 Å². The Labute approximate surface area is 175 Å². The van der Waals surface area contributed by atoms with Gasteiger partial charge in [0.15, 0.2) is 0 Å². The highest BCUT2D eigenvalue weighted by Crippen LogP contribution is 2.26. The summed E-state index contributed by atoms with van der Waals surface area (Å²) < 4.78 is 13.7. The zero-order valence-corrected chi connectivity index (χ0v) is 17.7. The van der Waals surface area contributed by atoms with Gasteiger partial charge in [-0.1, -0.05) is 17.7 Å². The SMILES string of the molecule is Cc1cc2cc(C(=O)N3CCN(Cc4cc(C)c(F)cc4C)CC3)c(Cl)cc2[nH]1. The topological polar surface area (TPSA) is 39.3 Å². The van der Waals surface area contributed by atoms with Crippen molar-refractivity contribution in [3.05, 3.63) is 69.1 Å². The van der Waals surface area contributed by atoms with E-state index in [1.165, 1.54) is 0 Å². The van der Waals surface area contributed by atoms with Crippen LogP contribution in [0.3, 0.4) is 0 Å². The van der Waals surface area contributed by atoms with Crippen LogP contribution in [0.4, 0.5) is 4.39 Å². The van der Waals surface area contributed by atoms with Crippen LogP contribution in [0, 0.1) is 26.6 Å².